The summed E-state index contributed by atoms with van der Waals surface area (Å²) in [6, 6.07) is 3.56. The average Bonchev–Trinajstić information content (AvgIpc) is 2.25. The van der Waals surface area contributed by atoms with Gasteiger partial charge in [-0.1, -0.05) is 0 Å². The Morgan fingerprint density at radius 2 is 2.07 bits per heavy atom. The number of nitrogen functional groups attached to an aromatic ring is 1. The summed E-state index contributed by atoms with van der Waals surface area (Å²) in [6.45, 7) is 0. The van der Waals surface area contributed by atoms with E-state index in [0.717, 1.165) is 25.7 Å². The molecule has 82 valence electrons. The molecule has 0 spiro atoms. The molecule has 15 heavy (non-hydrogen) atoms. The zero-order valence-electron chi connectivity index (χ0n) is 8.60. The Bertz CT molecular complexity index is 322. The Kier molecular flexibility index (Phi) is 3.06. The maximum atomic E-state index is 9.35. The van der Waals surface area contributed by atoms with Gasteiger partial charge in [0.1, 0.15) is 6.10 Å². The van der Waals surface area contributed by atoms with Gasteiger partial charge in [0, 0.05) is 6.20 Å². The smallest absolute Gasteiger partial charge is 0.237 e. The Morgan fingerprint density at radius 1 is 1.33 bits per heavy atom. The summed E-state index contributed by atoms with van der Waals surface area (Å²) in [5.74, 6) is 0.513. The zero-order valence-corrected chi connectivity index (χ0v) is 8.60. The topological polar surface area (TPSA) is 68.4 Å². The maximum absolute atomic E-state index is 9.35. The molecule has 1 aromatic heterocycles. The van der Waals surface area contributed by atoms with Crippen molar-refractivity contribution in [1.82, 2.24) is 4.98 Å². The minimum atomic E-state index is -0.161. The van der Waals surface area contributed by atoms with E-state index in [1.54, 1.807) is 18.3 Å². The van der Waals surface area contributed by atoms with Crippen LogP contribution in [0.4, 0.5) is 5.69 Å². The Morgan fingerprint density at radius 3 is 2.73 bits per heavy atom. The Balaban J connectivity index is 1.95. The fourth-order valence-electron chi connectivity index (χ4n) is 1.82. The van der Waals surface area contributed by atoms with E-state index in [1.807, 2.05) is 0 Å². The van der Waals surface area contributed by atoms with Crippen LogP contribution < -0.4 is 10.5 Å². The molecule has 2 rings (SSSR count). The third kappa shape index (κ3) is 2.59. The first-order valence-electron chi connectivity index (χ1n) is 5.31. The van der Waals surface area contributed by atoms with Gasteiger partial charge in [-0.25, -0.2) is 4.98 Å². The van der Waals surface area contributed by atoms with Gasteiger partial charge in [-0.3, -0.25) is 0 Å². The number of rotatable bonds is 2. The number of aliphatic hydroxyl groups excluding tert-OH is 1. The van der Waals surface area contributed by atoms with Gasteiger partial charge in [0.15, 0.2) is 0 Å². The lowest BCUT2D eigenvalue weighted by atomic mass is 9.95. The van der Waals surface area contributed by atoms with Crippen LogP contribution in [0.15, 0.2) is 18.3 Å². The SMILES string of the molecule is Nc1cccnc1O[C@H]1CC[C@H](O)CC1. The summed E-state index contributed by atoms with van der Waals surface area (Å²) in [4.78, 5) is 4.08. The number of hydrogen-bond acceptors (Lipinski definition) is 4. The fraction of sp³-hybridized carbons (Fsp3) is 0.545. The molecule has 0 aliphatic heterocycles. The van der Waals surface area contributed by atoms with Gasteiger partial charge in [-0.05, 0) is 37.8 Å². The summed E-state index contributed by atoms with van der Waals surface area (Å²) in [5, 5.41) is 9.35. The monoisotopic (exact) mass is 208 g/mol. The lowest BCUT2D eigenvalue weighted by Crippen LogP contribution is -2.27. The molecule has 0 aromatic carbocycles. The third-order valence-corrected chi connectivity index (χ3v) is 2.72. The maximum Gasteiger partial charge on any atom is 0.237 e. The van der Waals surface area contributed by atoms with Gasteiger partial charge in [-0.15, -0.1) is 0 Å². The first kappa shape index (κ1) is 10.2. The molecule has 1 heterocycles. The molecular formula is C11H16N2O2. The molecule has 0 saturated heterocycles. The number of pyridine rings is 1. The fourth-order valence-corrected chi connectivity index (χ4v) is 1.82. The highest BCUT2D eigenvalue weighted by molar-refractivity contribution is 5.46. The van der Waals surface area contributed by atoms with Crippen LogP contribution in [0.1, 0.15) is 25.7 Å². The number of anilines is 1. The first-order valence-corrected chi connectivity index (χ1v) is 5.31. The molecular weight excluding hydrogens is 192 g/mol. The van der Waals surface area contributed by atoms with E-state index in [4.69, 9.17) is 10.5 Å². The Hall–Kier alpha value is -1.29. The van der Waals surface area contributed by atoms with Crippen molar-refractivity contribution in [2.75, 3.05) is 5.73 Å². The largest absolute Gasteiger partial charge is 0.473 e. The molecule has 1 aliphatic rings. The average molecular weight is 208 g/mol. The van der Waals surface area contributed by atoms with Crippen LogP contribution in [0.3, 0.4) is 0 Å². The third-order valence-electron chi connectivity index (χ3n) is 2.72. The van der Waals surface area contributed by atoms with E-state index < -0.39 is 0 Å². The van der Waals surface area contributed by atoms with Crippen LogP contribution in [0, 0.1) is 0 Å². The molecule has 0 bridgehead atoms. The normalized spacial score (nSPS) is 26.2. The minimum absolute atomic E-state index is 0.144. The van der Waals surface area contributed by atoms with Crippen LogP contribution in [-0.2, 0) is 0 Å². The summed E-state index contributed by atoms with van der Waals surface area (Å²) in [6.07, 6.45) is 5.00. The van der Waals surface area contributed by atoms with E-state index in [0.29, 0.717) is 11.6 Å². The summed E-state index contributed by atoms with van der Waals surface area (Å²) < 4.78 is 5.69. The van der Waals surface area contributed by atoms with Crippen molar-refractivity contribution in [3.05, 3.63) is 18.3 Å². The van der Waals surface area contributed by atoms with Gasteiger partial charge >= 0.3 is 0 Å². The molecule has 4 heteroatoms. The van der Waals surface area contributed by atoms with E-state index >= 15 is 0 Å². The van der Waals surface area contributed by atoms with Gasteiger partial charge in [0.25, 0.3) is 0 Å². The highest BCUT2D eigenvalue weighted by Crippen LogP contribution is 2.25. The molecule has 3 N–H and O–H groups in total. The predicted molar refractivity (Wildman–Crippen MR) is 57.5 cm³/mol. The molecule has 1 saturated carbocycles. The van der Waals surface area contributed by atoms with E-state index in [2.05, 4.69) is 4.98 Å². The molecule has 4 nitrogen and oxygen atoms in total. The van der Waals surface area contributed by atoms with Gasteiger partial charge < -0.3 is 15.6 Å². The second-order valence-corrected chi connectivity index (χ2v) is 3.95. The van der Waals surface area contributed by atoms with Crippen LogP contribution in [0.25, 0.3) is 0 Å². The Labute approximate surface area is 89.1 Å². The quantitative estimate of drug-likeness (QED) is 0.769. The lowest BCUT2D eigenvalue weighted by Gasteiger charge is -2.25. The number of nitrogens with zero attached hydrogens (tertiary/aromatic N) is 1. The van der Waals surface area contributed by atoms with Gasteiger partial charge in [0.05, 0.1) is 11.8 Å². The second-order valence-electron chi connectivity index (χ2n) is 3.95. The molecule has 1 aromatic rings. The number of hydrogen-bond donors (Lipinski definition) is 2. The summed E-state index contributed by atoms with van der Waals surface area (Å²) in [5.41, 5.74) is 6.30. The number of aromatic nitrogens is 1. The predicted octanol–water partition coefficient (Wildman–Crippen LogP) is 1.35. The number of nitrogens with two attached hydrogens (primary N) is 1. The van der Waals surface area contributed by atoms with Crippen molar-refractivity contribution >= 4 is 5.69 Å². The number of aliphatic hydroxyl groups is 1. The highest BCUT2D eigenvalue weighted by Gasteiger charge is 2.21. The van der Waals surface area contributed by atoms with Crippen molar-refractivity contribution in [3.8, 4) is 5.88 Å². The molecule has 0 radical (unpaired) electrons. The molecule has 1 fully saturated rings. The van der Waals surface area contributed by atoms with Crippen LogP contribution in [0.5, 0.6) is 5.88 Å². The van der Waals surface area contributed by atoms with Crippen molar-refractivity contribution in [3.63, 3.8) is 0 Å². The van der Waals surface area contributed by atoms with Crippen LogP contribution >= 0.6 is 0 Å². The van der Waals surface area contributed by atoms with Crippen LogP contribution in [-0.4, -0.2) is 22.3 Å². The van der Waals surface area contributed by atoms with Crippen molar-refractivity contribution in [2.45, 2.75) is 37.9 Å². The standard InChI is InChI=1S/C11H16N2O2/c12-10-2-1-7-13-11(10)15-9-5-3-8(14)4-6-9/h1-2,7-9,14H,3-6,12H2/t8-,9-. The summed E-state index contributed by atoms with van der Waals surface area (Å²) >= 11 is 0. The highest BCUT2D eigenvalue weighted by atomic mass is 16.5. The van der Waals surface area contributed by atoms with Crippen molar-refractivity contribution in [1.29, 1.82) is 0 Å². The second kappa shape index (κ2) is 4.49. The van der Waals surface area contributed by atoms with E-state index in [1.165, 1.54) is 0 Å². The number of ether oxygens (including phenoxy) is 1. The first-order chi connectivity index (χ1) is 7.25. The van der Waals surface area contributed by atoms with Gasteiger partial charge in [0.2, 0.25) is 5.88 Å². The summed E-state index contributed by atoms with van der Waals surface area (Å²) in [7, 11) is 0. The molecule has 1 aliphatic carbocycles. The van der Waals surface area contributed by atoms with Gasteiger partial charge in [-0.2, -0.15) is 0 Å². The van der Waals surface area contributed by atoms with E-state index in [9.17, 15) is 5.11 Å². The van der Waals surface area contributed by atoms with Crippen LogP contribution in [0.2, 0.25) is 0 Å². The zero-order chi connectivity index (χ0) is 10.7. The van der Waals surface area contributed by atoms with Crippen molar-refractivity contribution < 1.29 is 9.84 Å². The molecule has 0 amide bonds. The lowest BCUT2D eigenvalue weighted by molar-refractivity contribution is 0.0648. The van der Waals surface area contributed by atoms with Crippen molar-refractivity contribution in [2.24, 2.45) is 0 Å². The van der Waals surface area contributed by atoms with E-state index in [-0.39, 0.29) is 12.2 Å². The molecule has 0 unspecified atom stereocenters. The minimum Gasteiger partial charge on any atom is -0.473 e. The molecule has 0 atom stereocenters.